The molecule has 6 heteroatoms. The first-order chi connectivity index (χ1) is 9.20. The number of hydrogen-bond donors (Lipinski definition) is 2. The molecule has 2 heterocycles. The predicted molar refractivity (Wildman–Crippen MR) is 78.9 cm³/mol. The van der Waals surface area contributed by atoms with E-state index in [1.807, 2.05) is 6.07 Å². The fraction of sp³-hybridized carbons (Fsp3) is 0.231. The maximum Gasteiger partial charge on any atom is 0.144 e. The number of rotatable bonds is 5. The summed E-state index contributed by atoms with van der Waals surface area (Å²) in [6, 6.07) is 4.02. The van der Waals surface area contributed by atoms with Crippen LogP contribution in [0.4, 0.5) is 5.82 Å². The fourth-order valence-corrected chi connectivity index (χ4v) is 1.78. The van der Waals surface area contributed by atoms with E-state index in [1.54, 1.807) is 18.6 Å². The van der Waals surface area contributed by atoms with E-state index in [9.17, 15) is 0 Å². The standard InChI is InChI=1S/C13H15N5S/c1-2-9-4-3-5-15-10(9)6-17-12-8-16-11(7-18-12)13(14)19/h3-5,7-8H,2,6H2,1H3,(H2,14,19)(H,17,18). The average Bonchev–Trinajstić information content (AvgIpc) is 2.45. The van der Waals surface area contributed by atoms with Crippen LogP contribution in [-0.2, 0) is 13.0 Å². The minimum absolute atomic E-state index is 0.247. The molecule has 3 N–H and O–H groups in total. The number of pyridine rings is 1. The lowest BCUT2D eigenvalue weighted by atomic mass is 10.1. The van der Waals surface area contributed by atoms with Crippen LogP contribution in [0.25, 0.3) is 0 Å². The lowest BCUT2D eigenvalue weighted by molar-refractivity contribution is 0.961. The first-order valence-electron chi connectivity index (χ1n) is 5.99. The largest absolute Gasteiger partial charge is 0.388 e. The van der Waals surface area contributed by atoms with Gasteiger partial charge in [0.05, 0.1) is 24.6 Å². The van der Waals surface area contributed by atoms with Gasteiger partial charge in [-0.25, -0.2) is 9.97 Å². The molecular weight excluding hydrogens is 258 g/mol. The van der Waals surface area contributed by atoms with Gasteiger partial charge >= 0.3 is 0 Å². The highest BCUT2D eigenvalue weighted by atomic mass is 32.1. The van der Waals surface area contributed by atoms with E-state index >= 15 is 0 Å². The van der Waals surface area contributed by atoms with E-state index in [1.165, 1.54) is 5.56 Å². The van der Waals surface area contributed by atoms with E-state index < -0.39 is 0 Å². The number of hydrogen-bond acceptors (Lipinski definition) is 5. The van der Waals surface area contributed by atoms with Crippen molar-refractivity contribution in [3.8, 4) is 0 Å². The van der Waals surface area contributed by atoms with Gasteiger partial charge in [0.15, 0.2) is 0 Å². The van der Waals surface area contributed by atoms with Crippen LogP contribution < -0.4 is 11.1 Å². The van der Waals surface area contributed by atoms with Gasteiger partial charge in [0, 0.05) is 6.20 Å². The molecule has 0 aromatic carbocycles. The van der Waals surface area contributed by atoms with Gasteiger partial charge in [-0.3, -0.25) is 4.98 Å². The van der Waals surface area contributed by atoms with Crippen molar-refractivity contribution in [1.82, 2.24) is 15.0 Å². The highest BCUT2D eigenvalue weighted by Crippen LogP contribution is 2.09. The van der Waals surface area contributed by atoms with Gasteiger partial charge in [-0.15, -0.1) is 0 Å². The Balaban J connectivity index is 2.04. The summed E-state index contributed by atoms with van der Waals surface area (Å²) >= 11 is 4.82. The Morgan fingerprint density at radius 3 is 2.79 bits per heavy atom. The molecule has 2 aromatic heterocycles. The summed E-state index contributed by atoms with van der Waals surface area (Å²) in [7, 11) is 0. The number of nitrogens with two attached hydrogens (primary N) is 1. The molecule has 98 valence electrons. The van der Waals surface area contributed by atoms with Crippen LogP contribution in [0, 0.1) is 0 Å². The highest BCUT2D eigenvalue weighted by Gasteiger charge is 2.03. The smallest absolute Gasteiger partial charge is 0.144 e. The van der Waals surface area contributed by atoms with Crippen molar-refractivity contribution in [3.05, 3.63) is 47.7 Å². The molecule has 0 radical (unpaired) electrons. The highest BCUT2D eigenvalue weighted by molar-refractivity contribution is 7.80. The molecule has 2 rings (SSSR count). The first-order valence-corrected chi connectivity index (χ1v) is 6.40. The van der Waals surface area contributed by atoms with E-state index in [2.05, 4.69) is 33.3 Å². The van der Waals surface area contributed by atoms with Gasteiger partial charge in [-0.1, -0.05) is 25.2 Å². The van der Waals surface area contributed by atoms with E-state index in [0.717, 1.165) is 12.1 Å². The van der Waals surface area contributed by atoms with Crippen molar-refractivity contribution in [1.29, 1.82) is 0 Å². The normalized spacial score (nSPS) is 10.2. The molecule has 0 bridgehead atoms. The Hall–Kier alpha value is -2.08. The van der Waals surface area contributed by atoms with Crippen molar-refractivity contribution in [2.24, 2.45) is 5.73 Å². The molecule has 0 aliphatic rings. The minimum Gasteiger partial charge on any atom is -0.388 e. The molecule has 0 unspecified atom stereocenters. The fourth-order valence-electron chi connectivity index (χ4n) is 1.67. The number of aromatic nitrogens is 3. The number of nitrogens with one attached hydrogen (secondary N) is 1. The molecule has 0 aliphatic heterocycles. The Bertz CT molecular complexity index is 568. The zero-order chi connectivity index (χ0) is 13.7. The van der Waals surface area contributed by atoms with Crippen LogP contribution in [0.5, 0.6) is 0 Å². The molecule has 0 spiro atoms. The van der Waals surface area contributed by atoms with Crippen LogP contribution in [-0.4, -0.2) is 19.9 Å². The maximum atomic E-state index is 5.47. The topological polar surface area (TPSA) is 76.7 Å². The minimum atomic E-state index is 0.247. The second-order valence-electron chi connectivity index (χ2n) is 3.97. The van der Waals surface area contributed by atoms with Gasteiger partial charge in [0.25, 0.3) is 0 Å². The van der Waals surface area contributed by atoms with Gasteiger partial charge in [-0.2, -0.15) is 0 Å². The summed E-state index contributed by atoms with van der Waals surface area (Å²) in [4.78, 5) is 12.9. The van der Waals surface area contributed by atoms with E-state index in [-0.39, 0.29) is 4.99 Å². The monoisotopic (exact) mass is 273 g/mol. The molecule has 0 saturated carbocycles. The summed E-state index contributed by atoms with van der Waals surface area (Å²) in [5.74, 6) is 0.674. The second-order valence-corrected chi connectivity index (χ2v) is 4.41. The third-order valence-electron chi connectivity index (χ3n) is 2.71. The Morgan fingerprint density at radius 2 is 2.16 bits per heavy atom. The Morgan fingerprint density at radius 1 is 1.32 bits per heavy atom. The molecule has 5 nitrogen and oxygen atoms in total. The molecule has 19 heavy (non-hydrogen) atoms. The molecule has 0 fully saturated rings. The van der Waals surface area contributed by atoms with Gasteiger partial charge in [0.1, 0.15) is 16.5 Å². The third-order valence-corrected chi connectivity index (χ3v) is 2.92. The van der Waals surface area contributed by atoms with Crippen molar-refractivity contribution >= 4 is 23.0 Å². The summed E-state index contributed by atoms with van der Waals surface area (Å²) in [5, 5.41) is 3.18. The zero-order valence-electron chi connectivity index (χ0n) is 10.6. The molecular formula is C13H15N5S. The molecule has 0 atom stereocenters. The summed E-state index contributed by atoms with van der Waals surface area (Å²) < 4.78 is 0. The average molecular weight is 273 g/mol. The van der Waals surface area contributed by atoms with E-state index in [0.29, 0.717) is 18.1 Å². The number of anilines is 1. The number of thiocarbonyl (C=S) groups is 1. The van der Waals surface area contributed by atoms with Gasteiger partial charge < -0.3 is 11.1 Å². The van der Waals surface area contributed by atoms with Crippen LogP contribution in [0.3, 0.4) is 0 Å². The van der Waals surface area contributed by atoms with Crippen LogP contribution in [0.2, 0.25) is 0 Å². The van der Waals surface area contributed by atoms with Crippen molar-refractivity contribution in [3.63, 3.8) is 0 Å². The molecule has 0 saturated heterocycles. The Labute approximate surface area is 117 Å². The third kappa shape index (κ3) is 3.45. The van der Waals surface area contributed by atoms with Crippen molar-refractivity contribution < 1.29 is 0 Å². The number of aryl methyl sites for hydroxylation is 1. The zero-order valence-corrected chi connectivity index (χ0v) is 11.4. The van der Waals surface area contributed by atoms with E-state index in [4.69, 9.17) is 18.0 Å². The second kappa shape index (κ2) is 6.19. The van der Waals surface area contributed by atoms with Crippen LogP contribution in [0.1, 0.15) is 23.9 Å². The lowest BCUT2D eigenvalue weighted by Crippen LogP contribution is -2.13. The summed E-state index contributed by atoms with van der Waals surface area (Å²) in [6.45, 7) is 2.72. The lowest BCUT2D eigenvalue weighted by Gasteiger charge is -2.08. The molecule has 0 amide bonds. The summed E-state index contributed by atoms with van der Waals surface area (Å²) in [6.07, 6.45) is 5.92. The number of nitrogens with zero attached hydrogens (tertiary/aromatic N) is 3. The van der Waals surface area contributed by atoms with Gasteiger partial charge in [-0.05, 0) is 18.1 Å². The SMILES string of the molecule is CCc1cccnc1CNc1cnc(C(N)=S)cn1. The molecule has 2 aromatic rings. The van der Waals surface area contributed by atoms with Gasteiger partial charge in [0.2, 0.25) is 0 Å². The van der Waals surface area contributed by atoms with Crippen molar-refractivity contribution in [2.45, 2.75) is 19.9 Å². The summed E-state index contributed by atoms with van der Waals surface area (Å²) in [5.41, 5.74) is 8.23. The predicted octanol–water partition coefficient (Wildman–Crippen LogP) is 1.68. The quantitative estimate of drug-likeness (QED) is 0.807. The van der Waals surface area contributed by atoms with Crippen molar-refractivity contribution in [2.75, 3.05) is 5.32 Å². The Kier molecular flexibility index (Phi) is 4.35. The molecule has 0 aliphatic carbocycles. The van der Waals surface area contributed by atoms with Crippen LogP contribution >= 0.6 is 12.2 Å². The maximum absolute atomic E-state index is 5.47. The first kappa shape index (κ1) is 13.4. The van der Waals surface area contributed by atoms with Crippen LogP contribution in [0.15, 0.2) is 30.7 Å².